The van der Waals surface area contributed by atoms with E-state index in [1.807, 2.05) is 11.4 Å². The third-order valence-corrected chi connectivity index (χ3v) is 5.90. The van der Waals surface area contributed by atoms with Crippen LogP contribution in [0.2, 0.25) is 0 Å². The van der Waals surface area contributed by atoms with Gasteiger partial charge < -0.3 is 10.1 Å². The molecule has 1 amide bonds. The lowest BCUT2D eigenvalue weighted by atomic mass is 10.1. The fourth-order valence-electron chi connectivity index (χ4n) is 3.11. The van der Waals surface area contributed by atoms with Gasteiger partial charge in [0.25, 0.3) is 0 Å². The maximum Gasteiger partial charge on any atom is 0.244 e. The van der Waals surface area contributed by atoms with Gasteiger partial charge in [-0.25, -0.2) is 8.78 Å². The molecule has 1 aromatic heterocycles. The number of alkyl halides is 2. The van der Waals surface area contributed by atoms with Crippen molar-refractivity contribution in [2.45, 2.75) is 25.8 Å². The molecule has 2 aliphatic rings. The van der Waals surface area contributed by atoms with Gasteiger partial charge in [-0.05, 0) is 17.9 Å². The monoisotopic (exact) mass is 344 g/mol. The molecule has 0 spiro atoms. The van der Waals surface area contributed by atoms with Gasteiger partial charge in [0.05, 0.1) is 19.3 Å². The number of nitrogens with zero attached hydrogens (tertiary/aromatic N) is 1. The first-order chi connectivity index (χ1) is 11.0. The smallest absolute Gasteiger partial charge is 0.244 e. The van der Waals surface area contributed by atoms with E-state index in [-0.39, 0.29) is 18.4 Å². The summed E-state index contributed by atoms with van der Waals surface area (Å²) in [5.41, 5.74) is -1.14. The van der Waals surface area contributed by atoms with E-state index >= 15 is 0 Å². The van der Waals surface area contributed by atoms with Gasteiger partial charge in [0.2, 0.25) is 12.3 Å². The molecule has 0 aromatic carbocycles. The molecule has 7 heteroatoms. The van der Waals surface area contributed by atoms with Gasteiger partial charge in [0.1, 0.15) is 0 Å². The summed E-state index contributed by atoms with van der Waals surface area (Å²) in [7, 11) is 0. The maximum atomic E-state index is 12.9. The van der Waals surface area contributed by atoms with Crippen LogP contribution in [0.4, 0.5) is 8.78 Å². The number of hydrogen-bond donors (Lipinski definition) is 1. The van der Waals surface area contributed by atoms with E-state index in [2.05, 4.69) is 16.3 Å². The molecule has 3 rings (SSSR count). The quantitative estimate of drug-likeness (QED) is 0.862. The Morgan fingerprint density at radius 3 is 2.83 bits per heavy atom. The number of rotatable bonds is 6. The second-order valence-corrected chi connectivity index (χ2v) is 7.47. The zero-order valence-electron chi connectivity index (χ0n) is 13.1. The number of thiophene rings is 1. The van der Waals surface area contributed by atoms with Crippen molar-refractivity contribution >= 4 is 17.2 Å². The van der Waals surface area contributed by atoms with E-state index in [4.69, 9.17) is 4.74 Å². The van der Waals surface area contributed by atoms with E-state index in [9.17, 15) is 13.6 Å². The fraction of sp³-hybridized carbons (Fsp3) is 0.688. The molecule has 0 radical (unpaired) electrons. The molecule has 2 fully saturated rings. The Kier molecular flexibility index (Phi) is 4.98. The average Bonchev–Trinajstić information content (AvgIpc) is 2.99. The highest BCUT2D eigenvalue weighted by atomic mass is 32.1. The van der Waals surface area contributed by atoms with Crippen LogP contribution in [0.3, 0.4) is 0 Å². The zero-order chi connectivity index (χ0) is 16.4. The van der Waals surface area contributed by atoms with Crippen molar-refractivity contribution in [2.75, 3.05) is 32.8 Å². The van der Waals surface area contributed by atoms with Crippen LogP contribution in [0, 0.1) is 11.3 Å². The Hall–Kier alpha value is -1.05. The van der Waals surface area contributed by atoms with Crippen molar-refractivity contribution in [1.82, 2.24) is 10.2 Å². The molecule has 1 saturated heterocycles. The van der Waals surface area contributed by atoms with Gasteiger partial charge >= 0.3 is 0 Å². The van der Waals surface area contributed by atoms with E-state index in [0.29, 0.717) is 19.8 Å². The Morgan fingerprint density at radius 2 is 2.26 bits per heavy atom. The zero-order valence-corrected chi connectivity index (χ0v) is 14.0. The number of carbonyl (C=O) groups excluding carboxylic acids is 1. The number of halogens is 2. The van der Waals surface area contributed by atoms with Gasteiger partial charge in [-0.15, -0.1) is 11.3 Å². The first kappa shape index (κ1) is 16.8. The van der Waals surface area contributed by atoms with Crippen LogP contribution in [-0.4, -0.2) is 50.1 Å². The summed E-state index contributed by atoms with van der Waals surface area (Å²) in [5, 5.41) is 4.91. The summed E-state index contributed by atoms with van der Waals surface area (Å²) in [6.45, 7) is 4.94. The maximum absolute atomic E-state index is 12.9. The molecule has 4 nitrogen and oxygen atoms in total. The minimum Gasteiger partial charge on any atom is -0.379 e. The van der Waals surface area contributed by atoms with Crippen LogP contribution in [0.5, 0.6) is 0 Å². The van der Waals surface area contributed by atoms with Gasteiger partial charge in [0, 0.05) is 35.8 Å². The summed E-state index contributed by atoms with van der Waals surface area (Å²) in [4.78, 5) is 15.7. The summed E-state index contributed by atoms with van der Waals surface area (Å²) >= 11 is 1.65. The molecular weight excluding hydrogens is 322 g/mol. The Morgan fingerprint density at radius 1 is 1.52 bits per heavy atom. The minimum atomic E-state index is -2.44. The number of amides is 1. The second-order valence-electron chi connectivity index (χ2n) is 6.49. The van der Waals surface area contributed by atoms with Crippen LogP contribution in [0.15, 0.2) is 17.5 Å². The molecule has 1 aliphatic carbocycles. The van der Waals surface area contributed by atoms with Crippen LogP contribution in [0.25, 0.3) is 0 Å². The normalized spacial score (nSPS) is 29.5. The fourth-order valence-corrected chi connectivity index (χ4v) is 3.98. The highest BCUT2D eigenvalue weighted by Crippen LogP contribution is 2.56. The third-order valence-electron chi connectivity index (χ3n) is 4.92. The minimum absolute atomic E-state index is 0.0828. The Labute approximate surface area is 138 Å². The first-order valence-corrected chi connectivity index (χ1v) is 8.81. The van der Waals surface area contributed by atoms with Crippen molar-refractivity contribution in [1.29, 1.82) is 0 Å². The summed E-state index contributed by atoms with van der Waals surface area (Å²) < 4.78 is 31.2. The van der Waals surface area contributed by atoms with Gasteiger partial charge in [-0.2, -0.15) is 0 Å². The van der Waals surface area contributed by atoms with Crippen LogP contribution < -0.4 is 5.32 Å². The van der Waals surface area contributed by atoms with Crippen molar-refractivity contribution in [3.05, 3.63) is 22.4 Å². The number of hydrogen-bond acceptors (Lipinski definition) is 4. The largest absolute Gasteiger partial charge is 0.379 e. The van der Waals surface area contributed by atoms with Crippen molar-refractivity contribution in [2.24, 2.45) is 11.3 Å². The average molecular weight is 344 g/mol. The molecule has 3 atom stereocenters. The van der Waals surface area contributed by atoms with Crippen LogP contribution >= 0.6 is 11.3 Å². The molecule has 1 N–H and O–H groups in total. The molecule has 128 valence electrons. The molecule has 1 aliphatic heterocycles. The number of ether oxygens (including phenoxy) is 1. The van der Waals surface area contributed by atoms with E-state index in [1.165, 1.54) is 11.8 Å². The van der Waals surface area contributed by atoms with Crippen LogP contribution in [0.1, 0.15) is 24.3 Å². The van der Waals surface area contributed by atoms with Crippen molar-refractivity contribution in [3.8, 4) is 0 Å². The first-order valence-electron chi connectivity index (χ1n) is 7.93. The molecule has 1 aromatic rings. The van der Waals surface area contributed by atoms with E-state index in [0.717, 1.165) is 13.1 Å². The SMILES string of the molecule is CC1(C(F)F)CC1C(=O)NCC(c1cccs1)N1CCOCC1. The molecule has 2 heterocycles. The molecule has 23 heavy (non-hydrogen) atoms. The number of carbonyl (C=O) groups is 1. The highest BCUT2D eigenvalue weighted by molar-refractivity contribution is 7.10. The number of nitrogens with one attached hydrogen (secondary N) is 1. The summed E-state index contributed by atoms with van der Waals surface area (Å²) in [6, 6.07) is 4.13. The molecule has 3 unspecified atom stereocenters. The van der Waals surface area contributed by atoms with E-state index < -0.39 is 17.8 Å². The lowest BCUT2D eigenvalue weighted by Gasteiger charge is -2.34. The van der Waals surface area contributed by atoms with Gasteiger partial charge in [0.15, 0.2) is 0 Å². The topological polar surface area (TPSA) is 41.6 Å². The van der Waals surface area contributed by atoms with Gasteiger partial charge in [-0.1, -0.05) is 13.0 Å². The molecular formula is C16H22F2N2O2S. The second kappa shape index (κ2) is 6.83. The summed E-state index contributed by atoms with van der Waals surface area (Å²) in [5.74, 6) is -0.807. The summed E-state index contributed by atoms with van der Waals surface area (Å²) in [6.07, 6.45) is -2.16. The Bertz CT molecular complexity index is 534. The van der Waals surface area contributed by atoms with Gasteiger partial charge in [-0.3, -0.25) is 9.69 Å². The number of morpholine rings is 1. The van der Waals surface area contributed by atoms with Crippen LogP contribution in [-0.2, 0) is 9.53 Å². The lowest BCUT2D eigenvalue weighted by molar-refractivity contribution is -0.124. The third kappa shape index (κ3) is 3.56. The van der Waals surface area contributed by atoms with Crippen molar-refractivity contribution < 1.29 is 18.3 Å². The molecule has 1 saturated carbocycles. The Balaban J connectivity index is 1.60. The lowest BCUT2D eigenvalue weighted by Crippen LogP contribution is -2.44. The van der Waals surface area contributed by atoms with E-state index in [1.54, 1.807) is 11.3 Å². The van der Waals surface area contributed by atoms with Crippen molar-refractivity contribution in [3.63, 3.8) is 0 Å². The predicted molar refractivity (Wildman–Crippen MR) is 84.7 cm³/mol. The standard InChI is InChI=1S/C16H22F2N2O2S/c1-16(15(17)18)9-11(16)14(21)19-10-12(13-3-2-8-23-13)20-4-6-22-7-5-20/h2-3,8,11-12,15H,4-7,9-10H2,1H3,(H,19,21). The predicted octanol–water partition coefficient (Wildman–Crippen LogP) is 2.53. The molecule has 0 bridgehead atoms. The highest BCUT2D eigenvalue weighted by Gasteiger charge is 2.60.